The van der Waals surface area contributed by atoms with Gasteiger partial charge < -0.3 is 14.3 Å². The third kappa shape index (κ3) is 6.73. The quantitative estimate of drug-likeness (QED) is 0.709. The molecular formula is C10H24NO3P3. The molecule has 0 radical (unpaired) electrons. The molecule has 102 valence electrons. The van der Waals surface area contributed by atoms with Gasteiger partial charge in [-0.1, -0.05) is 8.73 Å². The Hall–Kier alpha value is 1.13. The Balaban J connectivity index is 2.17. The molecule has 2 unspecified atom stereocenters. The Labute approximate surface area is 110 Å². The Morgan fingerprint density at radius 1 is 1.35 bits per heavy atom. The van der Waals surface area contributed by atoms with Gasteiger partial charge in [0.25, 0.3) is 0 Å². The minimum atomic E-state index is -1.77. The molecule has 1 rings (SSSR count). The molecule has 17 heavy (non-hydrogen) atoms. The van der Waals surface area contributed by atoms with E-state index in [0.717, 1.165) is 25.3 Å². The average Bonchev–Trinajstić information content (AvgIpc) is 2.34. The molecule has 0 spiro atoms. The first-order chi connectivity index (χ1) is 8.15. The molecule has 0 amide bonds. The van der Waals surface area contributed by atoms with Crippen LogP contribution in [-0.4, -0.2) is 40.1 Å². The van der Waals surface area contributed by atoms with Crippen LogP contribution in [0.25, 0.3) is 0 Å². The van der Waals surface area contributed by atoms with Crippen LogP contribution in [0.4, 0.5) is 0 Å². The van der Waals surface area contributed by atoms with E-state index in [4.69, 9.17) is 14.3 Å². The molecule has 7 heteroatoms. The molecular weight excluding hydrogens is 275 g/mol. The van der Waals surface area contributed by atoms with Gasteiger partial charge in [0.05, 0.1) is 12.4 Å². The summed E-state index contributed by atoms with van der Waals surface area (Å²) in [4.78, 5) is 18.0. The summed E-state index contributed by atoms with van der Waals surface area (Å²) in [5, 5.41) is 0. The molecule has 1 aliphatic rings. The third-order valence-electron chi connectivity index (χ3n) is 3.41. The highest BCUT2D eigenvalue weighted by Crippen LogP contribution is 2.33. The van der Waals surface area contributed by atoms with E-state index in [1.54, 1.807) is 0 Å². The van der Waals surface area contributed by atoms with E-state index in [9.17, 15) is 0 Å². The van der Waals surface area contributed by atoms with Crippen molar-refractivity contribution in [2.45, 2.75) is 38.2 Å². The second kappa shape index (κ2) is 9.10. The summed E-state index contributed by atoms with van der Waals surface area (Å²) in [5.41, 5.74) is 0. The minimum absolute atomic E-state index is 0.433. The monoisotopic (exact) mass is 299 g/mol. The van der Waals surface area contributed by atoms with Gasteiger partial charge >= 0.3 is 0 Å². The van der Waals surface area contributed by atoms with Gasteiger partial charge in [-0.25, -0.2) is 0 Å². The highest BCUT2D eigenvalue weighted by molar-refractivity contribution is 7.46. The van der Waals surface area contributed by atoms with Crippen molar-refractivity contribution in [1.82, 2.24) is 4.67 Å². The number of nitrogens with zero attached hydrogens (tertiary/aromatic N) is 1. The SMILES string of the molecule is CPN(CCC1CCC(OP)CC1)CP(O)O. The summed E-state index contributed by atoms with van der Waals surface area (Å²) >= 11 is 0. The number of hydrogen-bond donors (Lipinski definition) is 2. The van der Waals surface area contributed by atoms with E-state index in [1.165, 1.54) is 19.3 Å². The largest absolute Gasteiger partial charge is 0.362 e. The lowest BCUT2D eigenvalue weighted by Gasteiger charge is -2.29. The molecule has 1 aliphatic carbocycles. The standard InChI is InChI=1S/C10H24NO3P3/c1-16-11(8-17(12)13)7-6-9-2-4-10(14-15)5-3-9/h9-10,12-13,16H,2-8,15H2,1H3. The zero-order valence-corrected chi connectivity index (χ0v) is 13.4. The zero-order valence-electron chi connectivity index (χ0n) is 10.4. The highest BCUT2D eigenvalue weighted by atomic mass is 31.2. The second-order valence-electron chi connectivity index (χ2n) is 4.57. The lowest BCUT2D eigenvalue weighted by Crippen LogP contribution is -2.23. The molecule has 1 saturated carbocycles. The van der Waals surface area contributed by atoms with Crippen molar-refractivity contribution in [3.63, 3.8) is 0 Å². The maximum Gasteiger partial charge on any atom is 0.180 e. The van der Waals surface area contributed by atoms with Gasteiger partial charge in [0.2, 0.25) is 0 Å². The van der Waals surface area contributed by atoms with Crippen LogP contribution in [0, 0.1) is 5.92 Å². The predicted molar refractivity (Wildman–Crippen MR) is 78.3 cm³/mol. The topological polar surface area (TPSA) is 52.9 Å². The second-order valence-corrected chi connectivity index (χ2v) is 6.95. The van der Waals surface area contributed by atoms with Gasteiger partial charge in [0, 0.05) is 16.0 Å². The fourth-order valence-electron chi connectivity index (χ4n) is 2.30. The van der Waals surface area contributed by atoms with Gasteiger partial charge in [-0.15, -0.1) is 0 Å². The summed E-state index contributed by atoms with van der Waals surface area (Å²) in [6, 6.07) is 0. The minimum Gasteiger partial charge on any atom is -0.362 e. The Bertz CT molecular complexity index is 201. The fourth-order valence-corrected chi connectivity index (χ4v) is 4.32. The molecule has 4 nitrogen and oxygen atoms in total. The first kappa shape index (κ1) is 16.2. The third-order valence-corrected chi connectivity index (χ3v) is 5.67. The van der Waals surface area contributed by atoms with Crippen LogP contribution in [0.5, 0.6) is 0 Å². The fraction of sp³-hybridized carbons (Fsp3) is 1.00. The van der Waals surface area contributed by atoms with Gasteiger partial charge in [0.1, 0.15) is 0 Å². The van der Waals surface area contributed by atoms with Gasteiger partial charge in [-0.3, -0.25) is 4.67 Å². The molecule has 0 saturated heterocycles. The van der Waals surface area contributed by atoms with Crippen molar-refractivity contribution < 1.29 is 14.3 Å². The smallest absolute Gasteiger partial charge is 0.180 e. The van der Waals surface area contributed by atoms with Crippen molar-refractivity contribution in [3.8, 4) is 0 Å². The molecule has 2 N–H and O–H groups in total. The van der Waals surface area contributed by atoms with Crippen LogP contribution in [0.3, 0.4) is 0 Å². The van der Waals surface area contributed by atoms with Gasteiger partial charge in [0.15, 0.2) is 8.38 Å². The summed E-state index contributed by atoms with van der Waals surface area (Å²) in [6.45, 7) is 3.09. The first-order valence-corrected chi connectivity index (χ1v) is 9.44. The molecule has 0 aromatic carbocycles. The van der Waals surface area contributed by atoms with Crippen molar-refractivity contribution in [3.05, 3.63) is 0 Å². The Morgan fingerprint density at radius 3 is 2.47 bits per heavy atom. The van der Waals surface area contributed by atoms with E-state index in [2.05, 4.69) is 20.8 Å². The maximum absolute atomic E-state index is 9.02. The maximum atomic E-state index is 9.02. The van der Waals surface area contributed by atoms with Crippen molar-refractivity contribution in [1.29, 1.82) is 0 Å². The lowest BCUT2D eigenvalue weighted by molar-refractivity contribution is 0.148. The van der Waals surface area contributed by atoms with Gasteiger partial charge in [-0.2, -0.15) is 0 Å². The van der Waals surface area contributed by atoms with E-state index in [1.807, 2.05) is 0 Å². The molecule has 2 atom stereocenters. The van der Waals surface area contributed by atoms with E-state index < -0.39 is 8.38 Å². The van der Waals surface area contributed by atoms with Crippen molar-refractivity contribution in [2.75, 3.05) is 19.5 Å². The number of hydrogen-bond acceptors (Lipinski definition) is 4. The summed E-state index contributed by atoms with van der Waals surface area (Å²) in [5.74, 6) is 0.786. The Morgan fingerprint density at radius 2 is 2.00 bits per heavy atom. The van der Waals surface area contributed by atoms with Crippen LogP contribution in [0.2, 0.25) is 0 Å². The lowest BCUT2D eigenvalue weighted by atomic mass is 9.85. The summed E-state index contributed by atoms with van der Waals surface area (Å²) in [6.07, 6.45) is 6.86. The van der Waals surface area contributed by atoms with E-state index in [-0.39, 0.29) is 0 Å². The van der Waals surface area contributed by atoms with Crippen LogP contribution < -0.4 is 0 Å². The summed E-state index contributed by atoms with van der Waals surface area (Å²) < 4.78 is 7.44. The average molecular weight is 299 g/mol. The van der Waals surface area contributed by atoms with Crippen molar-refractivity contribution >= 4 is 26.6 Å². The molecule has 0 heterocycles. The highest BCUT2D eigenvalue weighted by Gasteiger charge is 2.21. The van der Waals surface area contributed by atoms with Crippen LogP contribution in [0.1, 0.15) is 32.1 Å². The van der Waals surface area contributed by atoms with Crippen LogP contribution in [0.15, 0.2) is 0 Å². The Kier molecular flexibility index (Phi) is 8.66. The summed E-state index contributed by atoms with van der Waals surface area (Å²) in [7, 11) is 1.25. The molecule has 1 fully saturated rings. The van der Waals surface area contributed by atoms with Crippen molar-refractivity contribution in [2.24, 2.45) is 5.92 Å². The first-order valence-electron chi connectivity index (χ1n) is 6.08. The molecule has 0 aromatic rings. The molecule has 0 aromatic heterocycles. The number of rotatable bonds is 7. The van der Waals surface area contributed by atoms with Gasteiger partial charge in [-0.05, 0) is 44.7 Å². The molecule has 0 bridgehead atoms. The normalized spacial score (nSPS) is 26.5. The van der Waals surface area contributed by atoms with Crippen LogP contribution >= 0.6 is 26.6 Å². The van der Waals surface area contributed by atoms with Crippen LogP contribution in [-0.2, 0) is 4.52 Å². The predicted octanol–water partition coefficient (Wildman–Crippen LogP) is 2.52. The van der Waals surface area contributed by atoms with E-state index >= 15 is 0 Å². The molecule has 0 aliphatic heterocycles. The zero-order chi connectivity index (χ0) is 12.7. The van der Waals surface area contributed by atoms with E-state index in [0.29, 0.717) is 21.1 Å².